The molecule has 2 aromatic carbocycles. The molecule has 0 radical (unpaired) electrons. The van der Waals surface area contributed by atoms with Crippen LogP contribution in [0.5, 0.6) is 0 Å². The number of benzene rings is 2. The highest BCUT2D eigenvalue weighted by Crippen LogP contribution is 2.22. The number of aromatic nitrogens is 4. The summed E-state index contributed by atoms with van der Waals surface area (Å²) < 4.78 is 1.77. The Balaban J connectivity index is 0.000000465. The van der Waals surface area contributed by atoms with E-state index in [2.05, 4.69) is 37.8 Å². The third kappa shape index (κ3) is 11.5. The zero-order chi connectivity index (χ0) is 30.2. The zero-order valence-corrected chi connectivity index (χ0v) is 26.0. The molecule has 5 rings (SSSR count). The Morgan fingerprint density at radius 2 is 1.71 bits per heavy atom. The zero-order valence-electron chi connectivity index (χ0n) is 25.2. The van der Waals surface area contributed by atoms with Gasteiger partial charge in [-0.25, -0.2) is 4.98 Å². The van der Waals surface area contributed by atoms with Crippen LogP contribution in [0.15, 0.2) is 73.3 Å². The lowest BCUT2D eigenvalue weighted by Gasteiger charge is -2.15. The number of carbonyl (C=O) groups excluding carboxylic acids is 1. The summed E-state index contributed by atoms with van der Waals surface area (Å²) in [5.41, 5.74) is 3.24. The molecule has 3 N–H and O–H groups in total. The fourth-order valence-electron chi connectivity index (χ4n) is 4.41. The second kappa shape index (κ2) is 17.8. The maximum atomic E-state index is 12.3. The molecule has 0 saturated heterocycles. The number of anilines is 2. The van der Waals surface area contributed by atoms with Gasteiger partial charge in [0.2, 0.25) is 11.9 Å². The Morgan fingerprint density at radius 3 is 2.36 bits per heavy atom. The maximum Gasteiger partial charge on any atom is 0.239 e. The van der Waals surface area contributed by atoms with Crippen LogP contribution in [0, 0.1) is 12.8 Å². The lowest BCUT2D eigenvalue weighted by molar-refractivity contribution is -0.119. The van der Waals surface area contributed by atoms with Crippen LogP contribution in [-0.2, 0) is 17.9 Å². The van der Waals surface area contributed by atoms with Crippen molar-refractivity contribution in [1.29, 1.82) is 0 Å². The summed E-state index contributed by atoms with van der Waals surface area (Å²) in [5, 5.41) is 9.87. The number of nitrogens with one attached hydrogen (secondary N) is 3. The summed E-state index contributed by atoms with van der Waals surface area (Å²) in [4.78, 5) is 25.5. The third-order valence-electron chi connectivity index (χ3n) is 6.76. The van der Waals surface area contributed by atoms with Crippen LogP contribution in [0.1, 0.15) is 69.6 Å². The van der Waals surface area contributed by atoms with Gasteiger partial charge in [-0.15, -0.1) is 0 Å². The van der Waals surface area contributed by atoms with Gasteiger partial charge in [-0.05, 0) is 36.1 Å². The number of aryl methyl sites for hydroxylation is 1. The van der Waals surface area contributed by atoms with E-state index in [9.17, 15) is 4.79 Å². The number of nitrogens with zero attached hydrogens (tertiary/aromatic N) is 4. The quantitative estimate of drug-likeness (QED) is 0.186. The first-order chi connectivity index (χ1) is 20.4. The predicted molar refractivity (Wildman–Crippen MR) is 173 cm³/mol. The van der Waals surface area contributed by atoms with Crippen LogP contribution in [0.25, 0.3) is 5.82 Å². The molecule has 1 amide bonds. The molecule has 0 aliphatic heterocycles. The summed E-state index contributed by atoms with van der Waals surface area (Å²) in [6.07, 6.45) is 12.6. The second-order valence-corrected chi connectivity index (χ2v) is 10.7. The molecule has 1 saturated carbocycles. The van der Waals surface area contributed by atoms with Crippen molar-refractivity contribution < 1.29 is 4.79 Å². The molecule has 9 heteroatoms. The van der Waals surface area contributed by atoms with Gasteiger partial charge < -0.3 is 16.0 Å². The molecule has 2 aromatic heterocycles. The van der Waals surface area contributed by atoms with Crippen molar-refractivity contribution in [2.75, 3.05) is 17.2 Å². The molecule has 1 fully saturated rings. The summed E-state index contributed by atoms with van der Waals surface area (Å²) in [6.45, 7) is 9.45. The molecule has 0 spiro atoms. The Kier molecular flexibility index (Phi) is 13.8. The van der Waals surface area contributed by atoms with E-state index in [1.165, 1.54) is 37.7 Å². The smallest absolute Gasteiger partial charge is 0.239 e. The molecule has 1 aliphatic rings. The van der Waals surface area contributed by atoms with Crippen LogP contribution in [0.2, 0.25) is 5.02 Å². The minimum Gasteiger partial charge on any atom is -0.361 e. The molecular weight excluding hydrogens is 546 g/mol. The van der Waals surface area contributed by atoms with Gasteiger partial charge in [0, 0.05) is 36.6 Å². The summed E-state index contributed by atoms with van der Waals surface area (Å²) >= 11 is 6.07. The normalized spacial score (nSPS) is 12.7. The predicted octanol–water partition coefficient (Wildman–Crippen LogP) is 7.58. The summed E-state index contributed by atoms with van der Waals surface area (Å²) in [6, 6.07) is 17.4. The van der Waals surface area contributed by atoms with Gasteiger partial charge >= 0.3 is 0 Å². The van der Waals surface area contributed by atoms with E-state index in [1.54, 1.807) is 29.4 Å². The topological polar surface area (TPSA) is 96.8 Å². The molecule has 2 heterocycles. The third-order valence-corrected chi connectivity index (χ3v) is 6.99. The van der Waals surface area contributed by atoms with Crippen LogP contribution in [0.3, 0.4) is 0 Å². The maximum absolute atomic E-state index is 12.3. The molecule has 1 aliphatic carbocycles. The van der Waals surface area contributed by atoms with Crippen LogP contribution < -0.4 is 16.0 Å². The fourth-order valence-corrected chi connectivity index (χ4v) is 4.62. The lowest BCUT2D eigenvalue weighted by atomic mass is 9.91. The fraction of sp³-hybridized carbons (Fsp3) is 0.394. The SMILES string of the molecule is CC.CC1CCCCC1.Cc1ccc(CNC(=O)CNc2cc(-n3ccnc3)nc(NCc3cccc(Cl)c3)n2)cc1. The second-order valence-electron chi connectivity index (χ2n) is 10.2. The molecule has 8 nitrogen and oxygen atoms in total. The molecule has 0 unspecified atom stereocenters. The van der Waals surface area contributed by atoms with E-state index in [-0.39, 0.29) is 12.5 Å². The largest absolute Gasteiger partial charge is 0.361 e. The van der Waals surface area contributed by atoms with Gasteiger partial charge in [-0.1, -0.05) is 106 Å². The van der Waals surface area contributed by atoms with Gasteiger partial charge in [0.05, 0.1) is 6.54 Å². The van der Waals surface area contributed by atoms with Crippen molar-refractivity contribution in [3.63, 3.8) is 0 Å². The van der Waals surface area contributed by atoms with Crippen LogP contribution >= 0.6 is 11.6 Å². The number of imidazole rings is 1. The van der Waals surface area contributed by atoms with Gasteiger partial charge in [0.25, 0.3) is 0 Å². The first-order valence-corrected chi connectivity index (χ1v) is 15.2. The van der Waals surface area contributed by atoms with Crippen LogP contribution in [0.4, 0.5) is 11.8 Å². The Labute approximate surface area is 255 Å². The van der Waals surface area contributed by atoms with E-state index in [0.29, 0.717) is 35.7 Å². The van der Waals surface area contributed by atoms with E-state index in [0.717, 1.165) is 17.0 Å². The first-order valence-electron chi connectivity index (χ1n) is 14.9. The van der Waals surface area contributed by atoms with Crippen molar-refractivity contribution in [3.8, 4) is 5.82 Å². The molecule has 0 atom stereocenters. The van der Waals surface area contributed by atoms with Crippen molar-refractivity contribution in [3.05, 3.63) is 95.0 Å². The number of carbonyl (C=O) groups is 1. The van der Waals surface area contributed by atoms with Gasteiger partial charge in [-0.2, -0.15) is 9.97 Å². The van der Waals surface area contributed by atoms with Crippen molar-refractivity contribution in [1.82, 2.24) is 24.8 Å². The first kappa shape index (κ1) is 32.6. The molecule has 224 valence electrons. The van der Waals surface area contributed by atoms with Gasteiger partial charge in [-0.3, -0.25) is 9.36 Å². The van der Waals surface area contributed by atoms with E-state index >= 15 is 0 Å². The minimum atomic E-state index is -0.133. The van der Waals surface area contributed by atoms with Crippen molar-refractivity contribution in [2.45, 2.75) is 72.9 Å². The van der Waals surface area contributed by atoms with E-state index < -0.39 is 0 Å². The monoisotopic (exact) mass is 589 g/mol. The Morgan fingerprint density at radius 1 is 0.952 bits per heavy atom. The standard InChI is InChI=1S/C24H24ClN7O.C7H14.C2H6/c1-17-5-7-18(8-6-17)13-28-23(33)15-27-21-12-22(32-10-9-26-16-32)31-24(30-21)29-14-19-3-2-4-20(25)11-19;1-7-5-3-2-4-6-7;1-2/h2-12,16H,13-15H2,1H3,(H,28,33)(H2,27,29,30,31);7H,2-6H2,1H3;1-2H3. The molecule has 42 heavy (non-hydrogen) atoms. The molecule has 4 aromatic rings. The highest BCUT2D eigenvalue weighted by molar-refractivity contribution is 6.30. The van der Waals surface area contributed by atoms with Crippen molar-refractivity contribution >= 4 is 29.3 Å². The number of halogens is 1. The Bertz CT molecular complexity index is 1340. The lowest BCUT2D eigenvalue weighted by Crippen LogP contribution is -2.29. The number of hydrogen-bond donors (Lipinski definition) is 3. The summed E-state index contributed by atoms with van der Waals surface area (Å²) in [5.74, 6) is 2.47. The highest BCUT2D eigenvalue weighted by atomic mass is 35.5. The highest BCUT2D eigenvalue weighted by Gasteiger charge is 2.09. The minimum absolute atomic E-state index is 0.0833. The summed E-state index contributed by atoms with van der Waals surface area (Å²) in [7, 11) is 0. The average Bonchev–Trinajstić information content (AvgIpc) is 3.56. The average molecular weight is 590 g/mol. The van der Waals surface area contributed by atoms with Gasteiger partial charge in [0.15, 0.2) is 0 Å². The Hall–Kier alpha value is -3.91. The number of amides is 1. The van der Waals surface area contributed by atoms with E-state index in [4.69, 9.17) is 11.6 Å². The number of hydrogen-bond acceptors (Lipinski definition) is 6. The molecular formula is C33H44ClN7O. The van der Waals surface area contributed by atoms with E-state index in [1.807, 2.05) is 69.3 Å². The van der Waals surface area contributed by atoms with Gasteiger partial charge in [0.1, 0.15) is 18.0 Å². The van der Waals surface area contributed by atoms with Crippen molar-refractivity contribution in [2.24, 2.45) is 5.92 Å². The number of rotatable bonds is 9. The van der Waals surface area contributed by atoms with Crippen LogP contribution in [-0.4, -0.2) is 32.0 Å². The molecule has 0 bridgehead atoms.